The van der Waals surface area contributed by atoms with Crippen LogP contribution in [0.1, 0.15) is 12.0 Å². The van der Waals surface area contributed by atoms with Crippen LogP contribution in [0, 0.1) is 5.92 Å². The quantitative estimate of drug-likeness (QED) is 0.874. The van der Waals surface area contributed by atoms with Gasteiger partial charge < -0.3 is 14.8 Å². The number of benzene rings is 1. The van der Waals surface area contributed by atoms with Gasteiger partial charge >= 0.3 is 0 Å². The lowest BCUT2D eigenvalue weighted by atomic mass is 10.1. The molecule has 0 bridgehead atoms. The van der Waals surface area contributed by atoms with Gasteiger partial charge in [0.2, 0.25) is 5.91 Å². The molecule has 6 nitrogen and oxygen atoms in total. The van der Waals surface area contributed by atoms with Gasteiger partial charge in [-0.25, -0.2) is 8.42 Å². The maximum absolute atomic E-state index is 12.0. The predicted octanol–water partition coefficient (Wildman–Crippen LogP) is 0.551. The van der Waals surface area contributed by atoms with Gasteiger partial charge in [-0.1, -0.05) is 6.07 Å². The van der Waals surface area contributed by atoms with Crippen LogP contribution < -0.4 is 14.8 Å². The van der Waals surface area contributed by atoms with E-state index in [4.69, 9.17) is 9.47 Å². The van der Waals surface area contributed by atoms with Crippen LogP contribution in [-0.4, -0.2) is 45.6 Å². The van der Waals surface area contributed by atoms with Gasteiger partial charge in [0.15, 0.2) is 21.3 Å². The Bertz CT molecular complexity index is 671. The zero-order chi connectivity index (χ0) is 15.6. The first-order valence-electron chi connectivity index (χ1n) is 7.37. The topological polar surface area (TPSA) is 81.7 Å². The number of nitrogens with one attached hydrogen (secondary N) is 1. The standard InChI is InChI=1S/C15H19NO5S/c17-15(16-9-12-3-6-22(18,19)10-12)8-11-1-2-13-14(7-11)21-5-4-20-13/h1-2,7,12H,3-6,8-10H2,(H,16,17)/t12-/m1/s1. The molecule has 3 rings (SSSR count). The van der Waals surface area contributed by atoms with Gasteiger partial charge in [-0.3, -0.25) is 4.79 Å². The molecule has 0 aromatic heterocycles. The van der Waals surface area contributed by atoms with Gasteiger partial charge in [0, 0.05) is 6.54 Å². The van der Waals surface area contributed by atoms with Crippen molar-refractivity contribution >= 4 is 15.7 Å². The second-order valence-electron chi connectivity index (χ2n) is 5.73. The third kappa shape index (κ3) is 3.71. The second-order valence-corrected chi connectivity index (χ2v) is 7.96. The molecule has 0 unspecified atom stereocenters. The summed E-state index contributed by atoms with van der Waals surface area (Å²) in [4.78, 5) is 12.0. The molecular formula is C15H19NO5S. The molecule has 7 heteroatoms. The van der Waals surface area contributed by atoms with Crippen molar-refractivity contribution in [2.45, 2.75) is 12.8 Å². The normalized spacial score (nSPS) is 22.3. The predicted molar refractivity (Wildman–Crippen MR) is 80.9 cm³/mol. The molecule has 2 aliphatic rings. The van der Waals surface area contributed by atoms with E-state index in [0.717, 1.165) is 5.56 Å². The smallest absolute Gasteiger partial charge is 0.224 e. The largest absolute Gasteiger partial charge is 0.486 e. The number of ether oxygens (including phenoxy) is 2. The Labute approximate surface area is 129 Å². The van der Waals surface area contributed by atoms with Crippen molar-refractivity contribution in [1.82, 2.24) is 5.32 Å². The molecule has 1 fully saturated rings. The maximum atomic E-state index is 12.0. The average Bonchev–Trinajstić information content (AvgIpc) is 2.84. The Morgan fingerprint density at radius 2 is 2.00 bits per heavy atom. The van der Waals surface area contributed by atoms with E-state index in [0.29, 0.717) is 37.7 Å². The number of carbonyl (C=O) groups excluding carboxylic acids is 1. The second kappa shape index (κ2) is 6.16. The highest BCUT2D eigenvalue weighted by atomic mass is 32.2. The van der Waals surface area contributed by atoms with Crippen molar-refractivity contribution in [3.8, 4) is 11.5 Å². The highest BCUT2D eigenvalue weighted by molar-refractivity contribution is 7.91. The molecule has 1 N–H and O–H groups in total. The zero-order valence-electron chi connectivity index (χ0n) is 12.2. The first-order valence-corrected chi connectivity index (χ1v) is 9.20. The fraction of sp³-hybridized carbons (Fsp3) is 0.533. The molecule has 2 aliphatic heterocycles. The van der Waals surface area contributed by atoms with E-state index in [2.05, 4.69) is 5.32 Å². The van der Waals surface area contributed by atoms with Gasteiger partial charge in [-0.2, -0.15) is 0 Å². The molecule has 0 spiro atoms. The van der Waals surface area contributed by atoms with E-state index in [1.807, 2.05) is 12.1 Å². The molecule has 1 aromatic carbocycles. The molecule has 0 aliphatic carbocycles. The first-order chi connectivity index (χ1) is 10.5. The summed E-state index contributed by atoms with van der Waals surface area (Å²) in [5.41, 5.74) is 0.848. The molecule has 120 valence electrons. The van der Waals surface area contributed by atoms with Crippen LogP contribution in [0.15, 0.2) is 18.2 Å². The van der Waals surface area contributed by atoms with E-state index in [-0.39, 0.29) is 29.8 Å². The van der Waals surface area contributed by atoms with Crippen LogP contribution in [0.3, 0.4) is 0 Å². The average molecular weight is 325 g/mol. The highest BCUT2D eigenvalue weighted by Gasteiger charge is 2.27. The van der Waals surface area contributed by atoms with E-state index >= 15 is 0 Å². The van der Waals surface area contributed by atoms with Crippen LogP contribution >= 0.6 is 0 Å². The van der Waals surface area contributed by atoms with Crippen molar-refractivity contribution < 1.29 is 22.7 Å². The Kier molecular flexibility index (Phi) is 4.24. The van der Waals surface area contributed by atoms with Crippen LogP contribution in [0.4, 0.5) is 0 Å². The summed E-state index contributed by atoms with van der Waals surface area (Å²) in [5, 5.41) is 2.82. The van der Waals surface area contributed by atoms with Gasteiger partial charge in [0.1, 0.15) is 13.2 Å². The molecule has 1 saturated heterocycles. The lowest BCUT2D eigenvalue weighted by Crippen LogP contribution is -2.31. The van der Waals surface area contributed by atoms with Crippen molar-refractivity contribution in [3.05, 3.63) is 23.8 Å². The molecule has 0 radical (unpaired) electrons. The van der Waals surface area contributed by atoms with E-state index < -0.39 is 9.84 Å². The van der Waals surface area contributed by atoms with Crippen molar-refractivity contribution in [3.63, 3.8) is 0 Å². The minimum Gasteiger partial charge on any atom is -0.486 e. The third-order valence-electron chi connectivity index (χ3n) is 3.89. The summed E-state index contributed by atoms with van der Waals surface area (Å²) in [6.07, 6.45) is 0.878. The van der Waals surface area contributed by atoms with E-state index in [1.54, 1.807) is 6.07 Å². The summed E-state index contributed by atoms with van der Waals surface area (Å²) >= 11 is 0. The van der Waals surface area contributed by atoms with Crippen molar-refractivity contribution in [2.75, 3.05) is 31.3 Å². The molecular weight excluding hydrogens is 306 g/mol. The molecule has 1 aromatic rings. The molecule has 2 heterocycles. The van der Waals surface area contributed by atoms with Gasteiger partial charge in [0.25, 0.3) is 0 Å². The fourth-order valence-electron chi connectivity index (χ4n) is 2.74. The fourth-order valence-corrected chi connectivity index (χ4v) is 4.60. The first kappa shape index (κ1) is 15.1. The highest BCUT2D eigenvalue weighted by Crippen LogP contribution is 2.30. The lowest BCUT2D eigenvalue weighted by Gasteiger charge is -2.18. The van der Waals surface area contributed by atoms with Crippen LogP contribution in [0.25, 0.3) is 0 Å². The Balaban J connectivity index is 1.51. The number of fused-ring (bicyclic) bond motifs is 1. The molecule has 1 atom stereocenters. The van der Waals surface area contributed by atoms with Crippen molar-refractivity contribution in [2.24, 2.45) is 5.92 Å². The summed E-state index contributed by atoms with van der Waals surface area (Å²) in [5.74, 6) is 1.70. The molecule has 0 saturated carbocycles. The number of hydrogen-bond acceptors (Lipinski definition) is 5. The number of amides is 1. The van der Waals surface area contributed by atoms with E-state index in [9.17, 15) is 13.2 Å². The SMILES string of the molecule is O=C(Cc1ccc2c(c1)OCCO2)NC[C@H]1CCS(=O)(=O)C1. The van der Waals surface area contributed by atoms with Gasteiger partial charge in [-0.15, -0.1) is 0 Å². The van der Waals surface area contributed by atoms with Gasteiger partial charge in [0.05, 0.1) is 17.9 Å². The number of hydrogen-bond donors (Lipinski definition) is 1. The Hall–Kier alpha value is -1.76. The molecule has 22 heavy (non-hydrogen) atoms. The summed E-state index contributed by atoms with van der Waals surface area (Å²) in [6.45, 7) is 1.47. The number of sulfone groups is 1. The number of carbonyl (C=O) groups is 1. The summed E-state index contributed by atoms with van der Waals surface area (Å²) in [6, 6.07) is 5.46. The monoisotopic (exact) mass is 325 g/mol. The summed E-state index contributed by atoms with van der Waals surface area (Å²) < 4.78 is 33.7. The third-order valence-corrected chi connectivity index (χ3v) is 5.72. The van der Waals surface area contributed by atoms with Crippen molar-refractivity contribution in [1.29, 1.82) is 0 Å². The Morgan fingerprint density at radius 3 is 2.73 bits per heavy atom. The number of rotatable bonds is 4. The zero-order valence-corrected chi connectivity index (χ0v) is 13.0. The summed E-state index contributed by atoms with van der Waals surface area (Å²) in [7, 11) is -2.89. The molecule has 1 amide bonds. The maximum Gasteiger partial charge on any atom is 0.224 e. The minimum absolute atomic E-state index is 0.0363. The lowest BCUT2D eigenvalue weighted by molar-refractivity contribution is -0.120. The van der Waals surface area contributed by atoms with E-state index in [1.165, 1.54) is 0 Å². The minimum atomic E-state index is -2.89. The Morgan fingerprint density at radius 1 is 1.23 bits per heavy atom. The van der Waals surface area contributed by atoms with Crippen LogP contribution in [0.5, 0.6) is 11.5 Å². The van der Waals surface area contributed by atoms with Crippen LogP contribution in [-0.2, 0) is 21.1 Å². The van der Waals surface area contributed by atoms with Crippen LogP contribution in [0.2, 0.25) is 0 Å². The van der Waals surface area contributed by atoms with Gasteiger partial charge in [-0.05, 0) is 30.0 Å².